The third kappa shape index (κ3) is 4.41. The molecule has 3 aliphatic rings. The summed E-state index contributed by atoms with van der Waals surface area (Å²) >= 11 is 0. The number of fused-ring (bicyclic) bond motifs is 1. The Hall–Kier alpha value is -3.24. The highest BCUT2D eigenvalue weighted by Crippen LogP contribution is 2.50. The van der Waals surface area contributed by atoms with Crippen LogP contribution in [0.25, 0.3) is 0 Å². The van der Waals surface area contributed by atoms with E-state index in [2.05, 4.69) is 28.5 Å². The molecule has 7 nitrogen and oxygen atoms in total. The van der Waals surface area contributed by atoms with E-state index in [9.17, 15) is 18.0 Å². The Morgan fingerprint density at radius 1 is 1.15 bits per heavy atom. The van der Waals surface area contributed by atoms with Crippen molar-refractivity contribution >= 4 is 11.6 Å². The number of aryl methyl sites for hydroxylation is 2. The molecular weight excluding hydrogens is 519 g/mol. The molecule has 212 valence electrons. The van der Waals surface area contributed by atoms with Gasteiger partial charge in [-0.3, -0.25) is 4.79 Å². The zero-order chi connectivity index (χ0) is 28.4. The molecule has 2 heterocycles. The van der Waals surface area contributed by atoms with Crippen molar-refractivity contribution in [1.82, 2.24) is 20.1 Å². The van der Waals surface area contributed by atoms with Crippen LogP contribution in [0.4, 0.5) is 18.9 Å². The SMILES string of the molecule is COC1CC(c2cc(C)cc(N3Cc4c(cc(CNC5(C)CCC5)cc4C(F)(F)F)C3=O)c2)(c2nncn2C)C1. The first-order chi connectivity index (χ1) is 18.9. The van der Waals surface area contributed by atoms with Gasteiger partial charge in [0.1, 0.15) is 12.2 Å². The lowest BCUT2D eigenvalue weighted by Gasteiger charge is -2.46. The number of hydrogen-bond acceptors (Lipinski definition) is 5. The van der Waals surface area contributed by atoms with Gasteiger partial charge in [-0.1, -0.05) is 6.07 Å². The van der Waals surface area contributed by atoms with Crippen molar-refractivity contribution in [1.29, 1.82) is 0 Å². The first-order valence-corrected chi connectivity index (χ1v) is 13.7. The third-order valence-corrected chi connectivity index (χ3v) is 9.13. The average Bonchev–Trinajstić information content (AvgIpc) is 3.43. The number of carbonyl (C=O) groups is 1. The second-order valence-corrected chi connectivity index (χ2v) is 12.0. The Labute approximate surface area is 231 Å². The normalized spacial score (nSPS) is 23.6. The fourth-order valence-corrected chi connectivity index (χ4v) is 6.57. The molecule has 1 aromatic heterocycles. The lowest BCUT2D eigenvalue weighted by atomic mass is 9.61. The van der Waals surface area contributed by atoms with Gasteiger partial charge in [0.05, 0.1) is 23.6 Å². The number of halogens is 3. The number of anilines is 1. The Morgan fingerprint density at radius 3 is 2.50 bits per heavy atom. The molecule has 6 rings (SSSR count). The molecule has 3 aromatic rings. The van der Waals surface area contributed by atoms with Crippen LogP contribution in [0, 0.1) is 6.92 Å². The minimum atomic E-state index is -4.56. The van der Waals surface area contributed by atoms with Crippen LogP contribution in [0.3, 0.4) is 0 Å². The molecule has 2 aromatic carbocycles. The number of carbonyl (C=O) groups excluding carboxylic acids is 1. The predicted molar refractivity (Wildman–Crippen MR) is 144 cm³/mol. The van der Waals surface area contributed by atoms with E-state index in [0.29, 0.717) is 24.1 Å². The topological polar surface area (TPSA) is 72.3 Å². The minimum Gasteiger partial charge on any atom is -0.381 e. The Morgan fingerprint density at radius 2 is 1.90 bits per heavy atom. The molecule has 10 heteroatoms. The van der Waals surface area contributed by atoms with Crippen LogP contribution >= 0.6 is 0 Å². The van der Waals surface area contributed by atoms with Crippen LogP contribution in [-0.2, 0) is 36.5 Å². The van der Waals surface area contributed by atoms with Crippen LogP contribution < -0.4 is 10.2 Å². The highest BCUT2D eigenvalue weighted by atomic mass is 19.4. The van der Waals surface area contributed by atoms with E-state index < -0.39 is 23.1 Å². The van der Waals surface area contributed by atoms with Crippen molar-refractivity contribution in [2.24, 2.45) is 7.05 Å². The Kier molecular flexibility index (Phi) is 6.34. The highest BCUT2D eigenvalue weighted by Gasteiger charge is 2.51. The number of nitrogens with one attached hydrogen (secondary N) is 1. The fraction of sp³-hybridized carbons (Fsp3) is 0.500. The van der Waals surface area contributed by atoms with Crippen molar-refractivity contribution in [2.75, 3.05) is 12.0 Å². The maximum Gasteiger partial charge on any atom is 0.416 e. The van der Waals surface area contributed by atoms with Crippen LogP contribution in [0.1, 0.15) is 83.0 Å². The largest absolute Gasteiger partial charge is 0.416 e. The number of amides is 1. The van der Waals surface area contributed by atoms with Gasteiger partial charge < -0.3 is 19.5 Å². The van der Waals surface area contributed by atoms with Crippen molar-refractivity contribution in [3.63, 3.8) is 0 Å². The molecule has 2 fully saturated rings. The van der Waals surface area contributed by atoms with Crippen LogP contribution in [0.15, 0.2) is 36.7 Å². The van der Waals surface area contributed by atoms with E-state index in [4.69, 9.17) is 4.74 Å². The maximum absolute atomic E-state index is 14.3. The zero-order valence-corrected chi connectivity index (χ0v) is 23.2. The van der Waals surface area contributed by atoms with Gasteiger partial charge in [-0.2, -0.15) is 13.2 Å². The number of benzene rings is 2. The van der Waals surface area contributed by atoms with Gasteiger partial charge in [0.15, 0.2) is 0 Å². The molecule has 0 spiro atoms. The van der Waals surface area contributed by atoms with Gasteiger partial charge in [-0.15, -0.1) is 10.2 Å². The van der Waals surface area contributed by atoms with E-state index in [-0.39, 0.29) is 35.9 Å². The molecule has 2 saturated carbocycles. The maximum atomic E-state index is 14.3. The molecule has 0 radical (unpaired) electrons. The summed E-state index contributed by atoms with van der Waals surface area (Å²) in [5, 5.41) is 11.9. The summed E-state index contributed by atoms with van der Waals surface area (Å²) in [7, 11) is 3.58. The highest BCUT2D eigenvalue weighted by molar-refractivity contribution is 6.10. The lowest BCUT2D eigenvalue weighted by molar-refractivity contribution is -0.138. The second-order valence-electron chi connectivity index (χ2n) is 12.0. The van der Waals surface area contributed by atoms with Crippen molar-refractivity contribution in [3.05, 3.63) is 75.9 Å². The monoisotopic (exact) mass is 553 g/mol. The summed E-state index contributed by atoms with van der Waals surface area (Å²) in [6.45, 7) is 4.18. The summed E-state index contributed by atoms with van der Waals surface area (Å²) in [6.07, 6.45) is 1.64. The first kappa shape index (κ1) is 27.0. The average molecular weight is 554 g/mol. The van der Waals surface area contributed by atoms with E-state index in [0.717, 1.165) is 36.2 Å². The summed E-state index contributed by atoms with van der Waals surface area (Å²) in [6, 6.07) is 8.68. The summed E-state index contributed by atoms with van der Waals surface area (Å²) in [5.41, 5.74) is 1.81. The molecular formula is C30H34F3N5O2. The van der Waals surface area contributed by atoms with Crippen LogP contribution in [0.5, 0.6) is 0 Å². The Balaban J connectivity index is 1.37. The van der Waals surface area contributed by atoms with Gasteiger partial charge >= 0.3 is 6.18 Å². The van der Waals surface area contributed by atoms with Gasteiger partial charge in [-0.25, -0.2) is 0 Å². The van der Waals surface area contributed by atoms with E-state index >= 15 is 0 Å². The van der Waals surface area contributed by atoms with Gasteiger partial charge in [0.25, 0.3) is 5.91 Å². The number of alkyl halides is 3. The third-order valence-electron chi connectivity index (χ3n) is 9.13. The number of aromatic nitrogens is 3. The van der Waals surface area contributed by atoms with E-state index in [1.54, 1.807) is 19.5 Å². The van der Waals surface area contributed by atoms with E-state index in [1.165, 1.54) is 11.0 Å². The lowest BCUT2D eigenvalue weighted by Crippen LogP contribution is -2.48. The number of hydrogen-bond donors (Lipinski definition) is 1. The molecule has 0 atom stereocenters. The van der Waals surface area contributed by atoms with Gasteiger partial charge in [0.2, 0.25) is 0 Å². The Bertz CT molecular complexity index is 1470. The molecule has 0 bridgehead atoms. The number of rotatable bonds is 7. The smallest absolute Gasteiger partial charge is 0.381 e. The molecule has 2 aliphatic carbocycles. The quantitative estimate of drug-likeness (QED) is 0.423. The second kappa shape index (κ2) is 9.41. The number of ether oxygens (including phenoxy) is 1. The standard InChI is InChI=1S/C30H34F3N5O2/c1-18-8-20(29(13-22(14-29)40-4)27-36-35-17-37(27)3)12-21(9-18)38-16-24-23(26(38)39)10-19(11-25(24)30(31,32)33)15-34-28(2)6-5-7-28/h8-12,17,22,34H,5-7,13-16H2,1-4H3. The summed E-state index contributed by atoms with van der Waals surface area (Å²) in [4.78, 5) is 15.2. The molecule has 1 aliphatic heterocycles. The molecule has 40 heavy (non-hydrogen) atoms. The number of nitrogens with zero attached hydrogens (tertiary/aromatic N) is 4. The molecule has 1 amide bonds. The zero-order valence-electron chi connectivity index (χ0n) is 23.2. The fourth-order valence-electron chi connectivity index (χ4n) is 6.57. The summed E-state index contributed by atoms with van der Waals surface area (Å²) in [5.74, 6) is 0.384. The van der Waals surface area contributed by atoms with Crippen LogP contribution in [0.2, 0.25) is 0 Å². The first-order valence-electron chi connectivity index (χ1n) is 13.7. The molecule has 1 N–H and O–H groups in total. The summed E-state index contributed by atoms with van der Waals surface area (Å²) < 4.78 is 50.3. The number of methoxy groups -OCH3 is 1. The molecule has 0 saturated heterocycles. The molecule has 0 unspecified atom stereocenters. The van der Waals surface area contributed by atoms with Crippen LogP contribution in [-0.4, -0.2) is 39.4 Å². The predicted octanol–water partition coefficient (Wildman–Crippen LogP) is 5.43. The van der Waals surface area contributed by atoms with Crippen molar-refractivity contribution < 1.29 is 22.7 Å². The van der Waals surface area contributed by atoms with E-state index in [1.807, 2.05) is 30.7 Å². The van der Waals surface area contributed by atoms with Gasteiger partial charge in [-0.05, 0) is 92.5 Å². The van der Waals surface area contributed by atoms with Gasteiger partial charge in [0, 0.05) is 37.5 Å². The van der Waals surface area contributed by atoms with Crippen molar-refractivity contribution in [2.45, 2.75) is 82.3 Å². The van der Waals surface area contributed by atoms with Crippen molar-refractivity contribution in [3.8, 4) is 0 Å². The minimum absolute atomic E-state index is 0.0327.